The lowest BCUT2D eigenvalue weighted by atomic mass is 10.00. The summed E-state index contributed by atoms with van der Waals surface area (Å²) in [5.41, 5.74) is 2.35. The van der Waals surface area contributed by atoms with Crippen molar-refractivity contribution in [1.82, 2.24) is 4.90 Å². The van der Waals surface area contributed by atoms with Crippen LogP contribution in [0.2, 0.25) is 0 Å². The summed E-state index contributed by atoms with van der Waals surface area (Å²) in [6.07, 6.45) is 1.16. The Kier molecular flexibility index (Phi) is 5.80. The highest BCUT2D eigenvalue weighted by atomic mass is 16.5. The Morgan fingerprint density at radius 3 is 2.24 bits per heavy atom. The van der Waals surface area contributed by atoms with E-state index in [1.54, 1.807) is 0 Å². The smallest absolute Gasteiger partial charge is 0.0916 e. The number of aliphatic hydroxyl groups is 1. The van der Waals surface area contributed by atoms with Crippen molar-refractivity contribution in [2.75, 3.05) is 19.6 Å². The molecular formula is C18H29NO2. The van der Waals surface area contributed by atoms with Crippen molar-refractivity contribution >= 4 is 0 Å². The van der Waals surface area contributed by atoms with Crippen LogP contribution in [0, 0.1) is 5.92 Å². The maximum absolute atomic E-state index is 10.4. The average molecular weight is 291 g/mol. The van der Waals surface area contributed by atoms with E-state index in [4.69, 9.17) is 4.74 Å². The van der Waals surface area contributed by atoms with Gasteiger partial charge in [0.1, 0.15) is 0 Å². The van der Waals surface area contributed by atoms with Gasteiger partial charge in [-0.05, 0) is 37.3 Å². The Balaban J connectivity index is 1.92. The molecule has 0 spiro atoms. The summed E-state index contributed by atoms with van der Waals surface area (Å²) in [4.78, 5) is 2.30. The van der Waals surface area contributed by atoms with Crippen LogP contribution in [-0.2, 0) is 11.2 Å². The average Bonchev–Trinajstić information content (AvgIpc) is 2.37. The van der Waals surface area contributed by atoms with Crippen LogP contribution in [0.15, 0.2) is 24.3 Å². The highest BCUT2D eigenvalue weighted by Gasteiger charge is 2.24. The van der Waals surface area contributed by atoms with Gasteiger partial charge in [0.15, 0.2) is 0 Å². The van der Waals surface area contributed by atoms with Crippen LogP contribution in [0.5, 0.6) is 0 Å². The van der Waals surface area contributed by atoms with E-state index in [1.807, 2.05) is 0 Å². The van der Waals surface area contributed by atoms with Crippen LogP contribution < -0.4 is 0 Å². The van der Waals surface area contributed by atoms with Crippen LogP contribution in [0.25, 0.3) is 0 Å². The second-order valence-electron chi connectivity index (χ2n) is 6.83. The highest BCUT2D eigenvalue weighted by molar-refractivity contribution is 5.24. The van der Waals surface area contributed by atoms with Gasteiger partial charge in [-0.2, -0.15) is 0 Å². The molecule has 1 fully saturated rings. The Morgan fingerprint density at radius 1 is 1.14 bits per heavy atom. The van der Waals surface area contributed by atoms with Crippen LogP contribution in [0.1, 0.15) is 44.9 Å². The zero-order chi connectivity index (χ0) is 15.4. The number of benzene rings is 1. The maximum atomic E-state index is 10.4. The van der Waals surface area contributed by atoms with Gasteiger partial charge in [-0.25, -0.2) is 0 Å². The molecule has 0 amide bonds. The number of aliphatic hydroxyl groups excluding tert-OH is 1. The predicted molar refractivity (Wildman–Crippen MR) is 86.4 cm³/mol. The van der Waals surface area contributed by atoms with E-state index in [0.29, 0.717) is 12.5 Å². The largest absolute Gasteiger partial charge is 0.387 e. The van der Waals surface area contributed by atoms with E-state index < -0.39 is 6.10 Å². The molecule has 1 N–H and O–H groups in total. The van der Waals surface area contributed by atoms with Crippen LogP contribution in [-0.4, -0.2) is 41.8 Å². The van der Waals surface area contributed by atoms with Gasteiger partial charge < -0.3 is 9.84 Å². The van der Waals surface area contributed by atoms with Crippen molar-refractivity contribution in [3.05, 3.63) is 35.4 Å². The minimum atomic E-state index is -0.421. The highest BCUT2D eigenvalue weighted by Crippen LogP contribution is 2.19. The Hall–Kier alpha value is -0.900. The fourth-order valence-electron chi connectivity index (χ4n) is 3.13. The molecule has 0 bridgehead atoms. The van der Waals surface area contributed by atoms with Gasteiger partial charge in [-0.1, -0.05) is 38.1 Å². The van der Waals surface area contributed by atoms with Gasteiger partial charge in [0.2, 0.25) is 0 Å². The summed E-state index contributed by atoms with van der Waals surface area (Å²) in [6, 6.07) is 8.41. The zero-order valence-corrected chi connectivity index (χ0v) is 13.7. The van der Waals surface area contributed by atoms with Crippen molar-refractivity contribution in [3.8, 4) is 0 Å². The maximum Gasteiger partial charge on any atom is 0.0916 e. The molecule has 2 rings (SSSR count). The van der Waals surface area contributed by atoms with Gasteiger partial charge in [0.05, 0.1) is 18.3 Å². The van der Waals surface area contributed by atoms with Crippen molar-refractivity contribution in [3.63, 3.8) is 0 Å². The molecule has 1 unspecified atom stereocenters. The number of β-amino-alcohol motifs (C(OH)–C–C–N with tert-alkyl or cyclic N) is 1. The molecular weight excluding hydrogens is 262 g/mol. The minimum absolute atomic E-state index is 0.245. The first-order valence-corrected chi connectivity index (χ1v) is 8.08. The van der Waals surface area contributed by atoms with Gasteiger partial charge in [0, 0.05) is 19.6 Å². The molecule has 1 heterocycles. The lowest BCUT2D eigenvalue weighted by Gasteiger charge is -2.36. The summed E-state index contributed by atoms with van der Waals surface area (Å²) in [5.74, 6) is 0.664. The molecule has 1 aromatic carbocycles. The molecule has 118 valence electrons. The first-order chi connectivity index (χ1) is 9.94. The SMILES string of the molecule is CC(C)Cc1ccc(C(O)CN2C[C@@H](C)O[C@@H](C)C2)cc1. The molecule has 1 aliphatic rings. The van der Waals surface area contributed by atoms with Crippen LogP contribution in [0.4, 0.5) is 0 Å². The number of morpholine rings is 1. The molecule has 1 aliphatic heterocycles. The van der Waals surface area contributed by atoms with E-state index >= 15 is 0 Å². The molecule has 21 heavy (non-hydrogen) atoms. The van der Waals surface area contributed by atoms with E-state index in [2.05, 4.69) is 56.9 Å². The topological polar surface area (TPSA) is 32.7 Å². The number of ether oxygens (including phenoxy) is 1. The monoisotopic (exact) mass is 291 g/mol. The molecule has 3 heteroatoms. The quantitative estimate of drug-likeness (QED) is 0.905. The fourth-order valence-corrected chi connectivity index (χ4v) is 3.13. The molecule has 1 aromatic rings. The standard InChI is InChI=1S/C18H29NO2/c1-13(2)9-16-5-7-17(8-6-16)18(20)12-19-10-14(3)21-15(4)11-19/h5-8,13-15,18,20H,9-12H2,1-4H3/t14-,15+,18?. The molecule has 0 saturated carbocycles. The summed E-state index contributed by atoms with van der Waals surface area (Å²) in [6.45, 7) is 11.1. The zero-order valence-electron chi connectivity index (χ0n) is 13.7. The minimum Gasteiger partial charge on any atom is -0.387 e. The number of hydrogen-bond donors (Lipinski definition) is 1. The predicted octanol–water partition coefficient (Wildman–Crippen LogP) is 3.03. The molecule has 1 saturated heterocycles. The third-order valence-electron chi connectivity index (χ3n) is 3.93. The van der Waals surface area contributed by atoms with Crippen LogP contribution >= 0.6 is 0 Å². The van der Waals surface area contributed by atoms with Crippen molar-refractivity contribution in [2.45, 2.75) is 52.4 Å². The first-order valence-electron chi connectivity index (χ1n) is 8.08. The Morgan fingerprint density at radius 2 is 1.71 bits per heavy atom. The normalized spacial score (nSPS) is 25.2. The summed E-state index contributed by atoms with van der Waals surface area (Å²) in [5, 5.41) is 10.4. The van der Waals surface area contributed by atoms with Crippen LogP contribution in [0.3, 0.4) is 0 Å². The third kappa shape index (κ3) is 5.10. The third-order valence-corrected chi connectivity index (χ3v) is 3.93. The lowest BCUT2D eigenvalue weighted by molar-refractivity contribution is -0.0767. The fraction of sp³-hybridized carbons (Fsp3) is 0.667. The Labute approximate surface area is 128 Å². The van der Waals surface area contributed by atoms with Crippen molar-refractivity contribution < 1.29 is 9.84 Å². The lowest BCUT2D eigenvalue weighted by Crippen LogP contribution is -2.46. The first kappa shape index (κ1) is 16.5. The van der Waals surface area contributed by atoms with E-state index in [9.17, 15) is 5.11 Å². The number of rotatable bonds is 5. The molecule has 3 nitrogen and oxygen atoms in total. The molecule has 0 aromatic heterocycles. The molecule has 0 aliphatic carbocycles. The van der Waals surface area contributed by atoms with Gasteiger partial charge >= 0.3 is 0 Å². The molecule has 3 atom stereocenters. The van der Waals surface area contributed by atoms with E-state index in [-0.39, 0.29) is 12.2 Å². The molecule has 0 radical (unpaired) electrons. The summed E-state index contributed by atoms with van der Waals surface area (Å²) in [7, 11) is 0. The second-order valence-corrected chi connectivity index (χ2v) is 6.83. The Bertz CT molecular complexity index is 419. The van der Waals surface area contributed by atoms with Crippen molar-refractivity contribution in [1.29, 1.82) is 0 Å². The van der Waals surface area contributed by atoms with E-state index in [0.717, 1.165) is 25.1 Å². The van der Waals surface area contributed by atoms with Gasteiger partial charge in [0.25, 0.3) is 0 Å². The second kappa shape index (κ2) is 7.39. The number of hydrogen-bond acceptors (Lipinski definition) is 3. The van der Waals surface area contributed by atoms with Crippen molar-refractivity contribution in [2.24, 2.45) is 5.92 Å². The van der Waals surface area contributed by atoms with Gasteiger partial charge in [-0.3, -0.25) is 4.90 Å². The summed E-state index contributed by atoms with van der Waals surface area (Å²) < 4.78 is 5.73. The number of nitrogens with zero attached hydrogens (tertiary/aromatic N) is 1. The van der Waals surface area contributed by atoms with E-state index in [1.165, 1.54) is 5.56 Å². The summed E-state index contributed by atoms with van der Waals surface area (Å²) >= 11 is 0. The van der Waals surface area contributed by atoms with Gasteiger partial charge in [-0.15, -0.1) is 0 Å².